The number of hydrogen-bond acceptors (Lipinski definition) is 6. The summed E-state index contributed by atoms with van der Waals surface area (Å²) in [5.41, 5.74) is 0. The average molecular weight is 282 g/mol. The van der Waals surface area contributed by atoms with Crippen molar-refractivity contribution in [3.63, 3.8) is 0 Å². The quantitative estimate of drug-likeness (QED) is 0.609. The van der Waals surface area contributed by atoms with E-state index >= 15 is 0 Å². The van der Waals surface area contributed by atoms with Gasteiger partial charge < -0.3 is 20.5 Å². The number of rotatable bonds is 10. The van der Waals surface area contributed by atoms with E-state index < -0.39 is 0 Å². The molecule has 0 aliphatic heterocycles. The molecule has 3 N–H and O–H groups in total. The van der Waals surface area contributed by atoms with E-state index in [-0.39, 0.29) is 12.6 Å². The highest BCUT2D eigenvalue weighted by Crippen LogP contribution is 2.15. The fourth-order valence-corrected chi connectivity index (χ4v) is 1.84. The zero-order valence-electron chi connectivity index (χ0n) is 12.6. The van der Waals surface area contributed by atoms with E-state index in [1.54, 1.807) is 0 Å². The molecule has 1 aromatic heterocycles. The fourth-order valence-electron chi connectivity index (χ4n) is 1.84. The maximum atomic E-state index is 9.05. The van der Waals surface area contributed by atoms with Crippen LogP contribution in [-0.2, 0) is 11.3 Å². The standard InChI is InChI=1S/C14H26N4O2/c1-4-11(7-8-19)16-13-9-12(15-5-2)17-14(18-13)10-20-6-3/h9,11,19H,4-8,10H2,1-3H3,(H2,15,16,17,18). The topological polar surface area (TPSA) is 79.3 Å². The number of aromatic nitrogens is 2. The number of hydrogen-bond donors (Lipinski definition) is 3. The Hall–Kier alpha value is -1.40. The molecule has 1 rings (SSSR count). The summed E-state index contributed by atoms with van der Waals surface area (Å²) in [6.45, 7) is 8.07. The molecule has 0 aromatic carbocycles. The molecule has 1 unspecified atom stereocenters. The van der Waals surface area contributed by atoms with E-state index in [1.807, 2.05) is 19.9 Å². The van der Waals surface area contributed by atoms with Gasteiger partial charge in [0.15, 0.2) is 5.82 Å². The minimum atomic E-state index is 0.169. The maximum Gasteiger partial charge on any atom is 0.158 e. The van der Waals surface area contributed by atoms with Gasteiger partial charge in [0, 0.05) is 31.9 Å². The minimum Gasteiger partial charge on any atom is -0.396 e. The summed E-state index contributed by atoms with van der Waals surface area (Å²) in [5, 5.41) is 15.6. The Morgan fingerprint density at radius 3 is 2.60 bits per heavy atom. The van der Waals surface area contributed by atoms with Gasteiger partial charge in [-0.25, -0.2) is 9.97 Å². The molecular formula is C14H26N4O2. The molecule has 1 atom stereocenters. The summed E-state index contributed by atoms with van der Waals surface area (Å²) in [5.74, 6) is 2.22. The first-order valence-corrected chi connectivity index (χ1v) is 7.30. The highest BCUT2D eigenvalue weighted by atomic mass is 16.5. The van der Waals surface area contributed by atoms with Crippen molar-refractivity contribution in [2.24, 2.45) is 0 Å². The summed E-state index contributed by atoms with van der Waals surface area (Å²) in [7, 11) is 0. The van der Waals surface area contributed by atoms with Crippen LogP contribution in [0.15, 0.2) is 6.07 Å². The molecule has 1 aromatic rings. The largest absolute Gasteiger partial charge is 0.396 e. The molecule has 20 heavy (non-hydrogen) atoms. The molecule has 0 saturated heterocycles. The third kappa shape index (κ3) is 5.71. The van der Waals surface area contributed by atoms with Gasteiger partial charge in [-0.2, -0.15) is 0 Å². The van der Waals surface area contributed by atoms with Crippen LogP contribution in [0.2, 0.25) is 0 Å². The molecule has 0 amide bonds. The van der Waals surface area contributed by atoms with Crippen LogP contribution in [0, 0.1) is 0 Å². The van der Waals surface area contributed by atoms with E-state index in [4.69, 9.17) is 9.84 Å². The number of aliphatic hydroxyl groups is 1. The second-order valence-corrected chi connectivity index (χ2v) is 4.48. The zero-order chi connectivity index (χ0) is 14.8. The van der Waals surface area contributed by atoms with E-state index in [9.17, 15) is 0 Å². The van der Waals surface area contributed by atoms with Crippen LogP contribution in [0.5, 0.6) is 0 Å². The Labute approximate surface area is 121 Å². The van der Waals surface area contributed by atoms with Crippen molar-refractivity contribution < 1.29 is 9.84 Å². The molecule has 0 spiro atoms. The molecule has 0 saturated carbocycles. The summed E-state index contributed by atoms with van der Waals surface area (Å²) in [4.78, 5) is 8.86. The summed E-state index contributed by atoms with van der Waals surface area (Å²) < 4.78 is 5.37. The van der Waals surface area contributed by atoms with Gasteiger partial charge in [-0.05, 0) is 26.7 Å². The fraction of sp³-hybridized carbons (Fsp3) is 0.714. The van der Waals surface area contributed by atoms with Crippen LogP contribution < -0.4 is 10.6 Å². The first kappa shape index (κ1) is 16.7. The summed E-state index contributed by atoms with van der Waals surface area (Å²) in [6, 6.07) is 2.10. The van der Waals surface area contributed by atoms with Crippen molar-refractivity contribution in [3.8, 4) is 0 Å². The normalized spacial score (nSPS) is 12.2. The zero-order valence-corrected chi connectivity index (χ0v) is 12.6. The summed E-state index contributed by atoms with van der Waals surface area (Å²) >= 11 is 0. The molecule has 1 heterocycles. The van der Waals surface area contributed by atoms with Gasteiger partial charge in [-0.1, -0.05) is 6.92 Å². The van der Waals surface area contributed by atoms with Crippen LogP contribution in [0.4, 0.5) is 11.6 Å². The lowest BCUT2D eigenvalue weighted by Gasteiger charge is -2.17. The maximum absolute atomic E-state index is 9.05. The lowest BCUT2D eigenvalue weighted by molar-refractivity contribution is 0.128. The Morgan fingerprint density at radius 1 is 1.25 bits per heavy atom. The van der Waals surface area contributed by atoms with Crippen molar-refractivity contribution in [1.29, 1.82) is 0 Å². The second kappa shape index (κ2) is 9.50. The molecule has 6 heteroatoms. The van der Waals surface area contributed by atoms with E-state index in [0.717, 1.165) is 24.6 Å². The van der Waals surface area contributed by atoms with E-state index in [2.05, 4.69) is 27.5 Å². The Morgan fingerprint density at radius 2 is 2.00 bits per heavy atom. The van der Waals surface area contributed by atoms with E-state index in [0.29, 0.717) is 25.5 Å². The molecule has 6 nitrogen and oxygen atoms in total. The number of ether oxygens (including phenoxy) is 1. The lowest BCUT2D eigenvalue weighted by atomic mass is 10.1. The highest BCUT2D eigenvalue weighted by molar-refractivity contribution is 5.48. The predicted octanol–water partition coefficient (Wildman–Crippen LogP) is 2.02. The van der Waals surface area contributed by atoms with Crippen LogP contribution >= 0.6 is 0 Å². The molecule has 0 fully saturated rings. The minimum absolute atomic E-state index is 0.169. The van der Waals surface area contributed by atoms with Crippen molar-refractivity contribution >= 4 is 11.6 Å². The molecule has 0 radical (unpaired) electrons. The van der Waals surface area contributed by atoms with Crippen molar-refractivity contribution in [2.45, 2.75) is 46.3 Å². The Bertz CT molecular complexity index is 387. The van der Waals surface area contributed by atoms with Gasteiger partial charge >= 0.3 is 0 Å². The number of nitrogens with zero attached hydrogens (tertiary/aromatic N) is 2. The smallest absolute Gasteiger partial charge is 0.158 e. The van der Waals surface area contributed by atoms with Crippen molar-refractivity contribution in [3.05, 3.63) is 11.9 Å². The Balaban J connectivity index is 2.83. The number of nitrogens with one attached hydrogen (secondary N) is 2. The van der Waals surface area contributed by atoms with Crippen LogP contribution in [0.25, 0.3) is 0 Å². The first-order chi connectivity index (χ1) is 9.73. The molecule has 114 valence electrons. The number of anilines is 2. The van der Waals surface area contributed by atoms with Crippen molar-refractivity contribution in [2.75, 3.05) is 30.4 Å². The van der Waals surface area contributed by atoms with Crippen LogP contribution in [-0.4, -0.2) is 40.9 Å². The van der Waals surface area contributed by atoms with Crippen LogP contribution in [0.1, 0.15) is 39.4 Å². The van der Waals surface area contributed by atoms with Crippen molar-refractivity contribution in [1.82, 2.24) is 9.97 Å². The first-order valence-electron chi connectivity index (χ1n) is 7.30. The highest BCUT2D eigenvalue weighted by Gasteiger charge is 2.09. The molecular weight excluding hydrogens is 256 g/mol. The van der Waals surface area contributed by atoms with E-state index in [1.165, 1.54) is 0 Å². The third-order valence-electron chi connectivity index (χ3n) is 2.89. The van der Waals surface area contributed by atoms with Gasteiger partial charge in [-0.15, -0.1) is 0 Å². The van der Waals surface area contributed by atoms with Gasteiger partial charge in [0.1, 0.15) is 18.2 Å². The molecule has 0 aliphatic rings. The predicted molar refractivity (Wildman–Crippen MR) is 80.9 cm³/mol. The summed E-state index contributed by atoms with van der Waals surface area (Å²) in [6.07, 6.45) is 1.64. The van der Waals surface area contributed by atoms with Gasteiger partial charge in [-0.3, -0.25) is 0 Å². The second-order valence-electron chi connectivity index (χ2n) is 4.48. The van der Waals surface area contributed by atoms with Crippen LogP contribution in [0.3, 0.4) is 0 Å². The molecule has 0 aliphatic carbocycles. The number of aliphatic hydroxyl groups excluding tert-OH is 1. The SMILES string of the molecule is CCNc1cc(NC(CC)CCO)nc(COCC)n1. The van der Waals surface area contributed by atoms with Gasteiger partial charge in [0.2, 0.25) is 0 Å². The average Bonchev–Trinajstić information content (AvgIpc) is 2.45. The molecule has 0 bridgehead atoms. The van der Waals surface area contributed by atoms with Gasteiger partial charge in [0.25, 0.3) is 0 Å². The van der Waals surface area contributed by atoms with Gasteiger partial charge in [0.05, 0.1) is 0 Å². The Kier molecular flexibility index (Phi) is 7.91. The monoisotopic (exact) mass is 282 g/mol. The lowest BCUT2D eigenvalue weighted by Crippen LogP contribution is -2.21. The third-order valence-corrected chi connectivity index (χ3v) is 2.89.